The summed E-state index contributed by atoms with van der Waals surface area (Å²) in [5, 5.41) is 0. The normalized spacial score (nSPS) is 29.7. The Hall–Kier alpha value is -0.610. The number of rotatable bonds is 4. The summed E-state index contributed by atoms with van der Waals surface area (Å²) >= 11 is 0. The van der Waals surface area contributed by atoms with Crippen LogP contribution in [0.5, 0.6) is 0 Å². The number of hydrogen-bond donors (Lipinski definition) is 0. The Morgan fingerprint density at radius 2 is 1.94 bits per heavy atom. The highest BCUT2D eigenvalue weighted by Gasteiger charge is 2.44. The Balaban J connectivity index is 0.000000771. The molecule has 2 aliphatic rings. The number of carbonyl (C=O) groups excluding carboxylic acids is 1. The quantitative estimate of drug-likeness (QED) is 0.574. The third-order valence-electron chi connectivity index (χ3n) is 3.56. The molecule has 1 saturated heterocycles. The van der Waals surface area contributed by atoms with Crippen LogP contribution in [0.15, 0.2) is 0 Å². The summed E-state index contributed by atoms with van der Waals surface area (Å²) in [5.74, 6) is 0.175. The van der Waals surface area contributed by atoms with Crippen molar-refractivity contribution in [1.29, 1.82) is 0 Å². The van der Waals surface area contributed by atoms with E-state index in [-0.39, 0.29) is 5.97 Å². The predicted octanol–water partition coefficient (Wildman–Crippen LogP) is 2.55. The standard InChI is InChI=1S/C12H20O4.C2H6/c1-12(2,14-3)11(13)15-7-8-4-5-9-10(6-8)16-9;1-2/h8-10H,4-7H2,1-3H3;1-2H3. The Morgan fingerprint density at radius 1 is 1.28 bits per heavy atom. The number of methoxy groups -OCH3 is 1. The summed E-state index contributed by atoms with van der Waals surface area (Å²) in [6, 6.07) is 0. The summed E-state index contributed by atoms with van der Waals surface area (Å²) < 4.78 is 15.8. The zero-order chi connectivity index (χ0) is 13.8. The van der Waals surface area contributed by atoms with Crippen LogP contribution in [0.2, 0.25) is 0 Å². The molecule has 1 saturated carbocycles. The van der Waals surface area contributed by atoms with Gasteiger partial charge in [0.1, 0.15) is 0 Å². The number of ether oxygens (including phenoxy) is 3. The Labute approximate surface area is 110 Å². The molecule has 2 rings (SSSR count). The molecule has 1 aliphatic heterocycles. The zero-order valence-electron chi connectivity index (χ0n) is 12.2. The van der Waals surface area contributed by atoms with Crippen LogP contribution in [0, 0.1) is 5.92 Å². The van der Waals surface area contributed by atoms with Gasteiger partial charge in [0.15, 0.2) is 5.60 Å². The fourth-order valence-corrected chi connectivity index (χ4v) is 2.09. The smallest absolute Gasteiger partial charge is 0.337 e. The molecule has 0 aromatic heterocycles. The van der Waals surface area contributed by atoms with Crippen molar-refractivity contribution in [2.75, 3.05) is 13.7 Å². The van der Waals surface area contributed by atoms with Gasteiger partial charge in [-0.25, -0.2) is 4.79 Å². The number of fused-ring (bicyclic) bond motifs is 1. The summed E-state index contributed by atoms with van der Waals surface area (Å²) in [5.41, 5.74) is -0.840. The van der Waals surface area contributed by atoms with Crippen LogP contribution in [0.1, 0.15) is 47.0 Å². The maximum Gasteiger partial charge on any atom is 0.337 e. The average molecular weight is 258 g/mol. The molecule has 0 amide bonds. The van der Waals surface area contributed by atoms with Crippen LogP contribution in [-0.4, -0.2) is 37.5 Å². The van der Waals surface area contributed by atoms with Gasteiger partial charge in [-0.3, -0.25) is 0 Å². The van der Waals surface area contributed by atoms with E-state index in [1.54, 1.807) is 13.8 Å². The monoisotopic (exact) mass is 258 g/mol. The van der Waals surface area contributed by atoms with E-state index in [9.17, 15) is 4.79 Å². The molecule has 0 bridgehead atoms. The number of esters is 1. The first-order valence-corrected chi connectivity index (χ1v) is 6.91. The van der Waals surface area contributed by atoms with Crippen LogP contribution in [0.3, 0.4) is 0 Å². The summed E-state index contributed by atoms with van der Waals surface area (Å²) in [6.45, 7) is 7.94. The molecule has 1 heterocycles. The first-order valence-electron chi connectivity index (χ1n) is 6.91. The fraction of sp³-hybridized carbons (Fsp3) is 0.929. The summed E-state index contributed by atoms with van der Waals surface area (Å²) in [6.07, 6.45) is 4.18. The first-order chi connectivity index (χ1) is 8.53. The van der Waals surface area contributed by atoms with Crippen molar-refractivity contribution >= 4 is 5.97 Å². The van der Waals surface area contributed by atoms with Crippen LogP contribution in [0.25, 0.3) is 0 Å². The van der Waals surface area contributed by atoms with Crippen molar-refractivity contribution in [1.82, 2.24) is 0 Å². The number of epoxide rings is 1. The fourth-order valence-electron chi connectivity index (χ4n) is 2.09. The van der Waals surface area contributed by atoms with Crippen molar-refractivity contribution in [2.24, 2.45) is 5.92 Å². The molecule has 0 radical (unpaired) electrons. The van der Waals surface area contributed by atoms with Gasteiger partial charge in [-0.1, -0.05) is 13.8 Å². The van der Waals surface area contributed by atoms with E-state index in [0.29, 0.717) is 24.7 Å². The number of carbonyl (C=O) groups is 1. The molecule has 0 spiro atoms. The van der Waals surface area contributed by atoms with Gasteiger partial charge in [-0.05, 0) is 39.0 Å². The van der Waals surface area contributed by atoms with Crippen LogP contribution in [-0.2, 0) is 19.0 Å². The minimum atomic E-state index is -0.840. The minimum Gasteiger partial charge on any atom is -0.463 e. The Bertz CT molecular complexity index is 275. The van der Waals surface area contributed by atoms with Gasteiger partial charge in [-0.15, -0.1) is 0 Å². The van der Waals surface area contributed by atoms with E-state index in [1.165, 1.54) is 7.11 Å². The predicted molar refractivity (Wildman–Crippen MR) is 69.4 cm³/mol. The molecule has 3 atom stereocenters. The molecule has 0 N–H and O–H groups in total. The lowest BCUT2D eigenvalue weighted by Gasteiger charge is -2.24. The molecule has 4 nitrogen and oxygen atoms in total. The van der Waals surface area contributed by atoms with Crippen molar-refractivity contribution < 1.29 is 19.0 Å². The van der Waals surface area contributed by atoms with E-state index in [0.717, 1.165) is 19.3 Å². The molecule has 1 aliphatic carbocycles. The first kappa shape index (κ1) is 15.4. The van der Waals surface area contributed by atoms with Gasteiger partial charge < -0.3 is 14.2 Å². The lowest BCUT2D eigenvalue weighted by molar-refractivity contribution is -0.166. The molecule has 0 aromatic carbocycles. The molecule has 0 aromatic rings. The second-order valence-corrected chi connectivity index (χ2v) is 5.20. The zero-order valence-corrected chi connectivity index (χ0v) is 12.2. The van der Waals surface area contributed by atoms with Crippen molar-refractivity contribution in [2.45, 2.75) is 64.8 Å². The van der Waals surface area contributed by atoms with E-state index in [2.05, 4.69) is 0 Å². The topological polar surface area (TPSA) is 48.1 Å². The van der Waals surface area contributed by atoms with Gasteiger partial charge in [0, 0.05) is 7.11 Å². The second-order valence-electron chi connectivity index (χ2n) is 5.20. The average Bonchev–Trinajstić information content (AvgIpc) is 3.16. The van der Waals surface area contributed by atoms with Gasteiger partial charge in [0.2, 0.25) is 0 Å². The van der Waals surface area contributed by atoms with E-state index in [1.807, 2.05) is 13.8 Å². The molecule has 4 heteroatoms. The molecule has 2 fully saturated rings. The van der Waals surface area contributed by atoms with Gasteiger partial charge in [-0.2, -0.15) is 0 Å². The molecule has 18 heavy (non-hydrogen) atoms. The number of hydrogen-bond acceptors (Lipinski definition) is 4. The Kier molecular flexibility index (Phi) is 5.60. The van der Waals surface area contributed by atoms with E-state index >= 15 is 0 Å². The lowest BCUT2D eigenvalue weighted by Crippen LogP contribution is -2.36. The van der Waals surface area contributed by atoms with Crippen molar-refractivity contribution in [3.63, 3.8) is 0 Å². The SMILES string of the molecule is CC.COC(C)(C)C(=O)OCC1CCC2OC2C1. The minimum absolute atomic E-state index is 0.283. The van der Waals surface area contributed by atoms with Crippen LogP contribution >= 0.6 is 0 Å². The summed E-state index contributed by atoms with van der Waals surface area (Å²) in [4.78, 5) is 11.7. The van der Waals surface area contributed by atoms with Crippen molar-refractivity contribution in [3.05, 3.63) is 0 Å². The van der Waals surface area contributed by atoms with Crippen LogP contribution in [0.4, 0.5) is 0 Å². The molecule has 3 unspecified atom stereocenters. The summed E-state index contributed by atoms with van der Waals surface area (Å²) in [7, 11) is 1.52. The van der Waals surface area contributed by atoms with E-state index < -0.39 is 5.60 Å². The molecular weight excluding hydrogens is 232 g/mol. The molecule has 106 valence electrons. The third kappa shape index (κ3) is 3.95. The lowest BCUT2D eigenvalue weighted by atomic mass is 9.90. The van der Waals surface area contributed by atoms with Crippen molar-refractivity contribution in [3.8, 4) is 0 Å². The van der Waals surface area contributed by atoms with Gasteiger partial charge in [0.25, 0.3) is 0 Å². The maximum atomic E-state index is 11.7. The second kappa shape index (κ2) is 6.53. The Morgan fingerprint density at radius 3 is 2.50 bits per heavy atom. The maximum absolute atomic E-state index is 11.7. The highest BCUT2D eigenvalue weighted by atomic mass is 16.6. The van der Waals surface area contributed by atoms with Crippen LogP contribution < -0.4 is 0 Å². The third-order valence-corrected chi connectivity index (χ3v) is 3.56. The van der Waals surface area contributed by atoms with E-state index in [4.69, 9.17) is 14.2 Å². The molecular formula is C14H26O4. The largest absolute Gasteiger partial charge is 0.463 e. The highest BCUT2D eigenvalue weighted by Crippen LogP contribution is 2.39. The highest BCUT2D eigenvalue weighted by molar-refractivity contribution is 5.78. The van der Waals surface area contributed by atoms with Gasteiger partial charge >= 0.3 is 5.97 Å². The van der Waals surface area contributed by atoms with Gasteiger partial charge in [0.05, 0.1) is 18.8 Å².